The molecule has 0 spiro atoms. The highest BCUT2D eigenvalue weighted by Gasteiger charge is 2.43. The van der Waals surface area contributed by atoms with Crippen LogP contribution in [0.5, 0.6) is 0 Å². The van der Waals surface area contributed by atoms with Crippen LogP contribution < -0.4 is 0 Å². The fourth-order valence-electron chi connectivity index (χ4n) is 2.69. The quantitative estimate of drug-likeness (QED) is 0.920. The molecule has 2 rings (SSSR count). The van der Waals surface area contributed by atoms with E-state index < -0.39 is 18.2 Å². The highest BCUT2D eigenvalue weighted by molar-refractivity contribution is 5.14. The summed E-state index contributed by atoms with van der Waals surface area (Å²) < 4.78 is 37.3. The van der Waals surface area contributed by atoms with E-state index in [-0.39, 0.29) is 0 Å². The Kier molecular flexibility index (Phi) is 5.05. The second-order valence-corrected chi connectivity index (χ2v) is 5.40. The standard InChI is InChI=1S/C15H20F3NO/c16-15(17,18)14(20)13-7-10-19(11-8-13)9-6-12-4-2-1-3-5-12/h1-5,13-14,20H,6-11H2. The van der Waals surface area contributed by atoms with Gasteiger partial charge in [-0.05, 0) is 43.8 Å². The molecule has 1 aromatic carbocycles. The maximum absolute atomic E-state index is 12.4. The molecule has 1 aromatic rings. The lowest BCUT2D eigenvalue weighted by Gasteiger charge is -2.34. The molecule has 20 heavy (non-hydrogen) atoms. The van der Waals surface area contributed by atoms with E-state index in [9.17, 15) is 18.3 Å². The summed E-state index contributed by atoms with van der Waals surface area (Å²) in [7, 11) is 0. The number of alkyl halides is 3. The first-order valence-electron chi connectivity index (χ1n) is 6.98. The van der Waals surface area contributed by atoms with Crippen molar-refractivity contribution in [2.45, 2.75) is 31.5 Å². The molecule has 1 aliphatic heterocycles. The van der Waals surface area contributed by atoms with Crippen molar-refractivity contribution in [3.8, 4) is 0 Å². The molecular formula is C15H20F3NO. The minimum absolute atomic E-state index is 0.412. The molecule has 1 saturated heterocycles. The first kappa shape index (κ1) is 15.3. The molecule has 1 aliphatic rings. The van der Waals surface area contributed by atoms with Crippen molar-refractivity contribution in [1.82, 2.24) is 4.90 Å². The van der Waals surface area contributed by atoms with E-state index in [0.717, 1.165) is 13.0 Å². The van der Waals surface area contributed by atoms with Crippen LogP contribution >= 0.6 is 0 Å². The van der Waals surface area contributed by atoms with Gasteiger partial charge in [-0.15, -0.1) is 0 Å². The van der Waals surface area contributed by atoms with Crippen molar-refractivity contribution >= 4 is 0 Å². The van der Waals surface area contributed by atoms with Crippen LogP contribution in [0.2, 0.25) is 0 Å². The lowest BCUT2D eigenvalue weighted by molar-refractivity contribution is -0.223. The average Bonchev–Trinajstić information content (AvgIpc) is 2.45. The number of rotatable bonds is 4. The van der Waals surface area contributed by atoms with Crippen LogP contribution in [0.4, 0.5) is 13.2 Å². The van der Waals surface area contributed by atoms with Gasteiger partial charge in [0.2, 0.25) is 0 Å². The Labute approximate surface area is 117 Å². The van der Waals surface area contributed by atoms with E-state index in [1.54, 1.807) is 0 Å². The van der Waals surface area contributed by atoms with Gasteiger partial charge in [-0.25, -0.2) is 0 Å². The number of piperidine rings is 1. The van der Waals surface area contributed by atoms with Gasteiger partial charge in [0.15, 0.2) is 6.10 Å². The largest absolute Gasteiger partial charge is 0.414 e. The maximum atomic E-state index is 12.4. The van der Waals surface area contributed by atoms with Gasteiger partial charge in [0, 0.05) is 6.54 Å². The minimum atomic E-state index is -4.49. The van der Waals surface area contributed by atoms with E-state index in [4.69, 9.17) is 0 Å². The lowest BCUT2D eigenvalue weighted by atomic mass is 9.91. The summed E-state index contributed by atoms with van der Waals surface area (Å²) in [5, 5.41) is 9.26. The van der Waals surface area contributed by atoms with Gasteiger partial charge in [-0.1, -0.05) is 30.3 Å². The molecule has 1 heterocycles. The summed E-state index contributed by atoms with van der Waals surface area (Å²) in [6.45, 7) is 2.12. The molecule has 112 valence electrons. The molecule has 2 nitrogen and oxygen atoms in total. The number of aliphatic hydroxyl groups is 1. The van der Waals surface area contributed by atoms with Crippen LogP contribution in [0.15, 0.2) is 30.3 Å². The number of nitrogens with zero attached hydrogens (tertiary/aromatic N) is 1. The summed E-state index contributed by atoms with van der Waals surface area (Å²) in [5.74, 6) is -0.650. The number of aliphatic hydroxyl groups excluding tert-OH is 1. The van der Waals surface area contributed by atoms with Crippen molar-refractivity contribution in [3.05, 3.63) is 35.9 Å². The number of benzene rings is 1. The van der Waals surface area contributed by atoms with E-state index >= 15 is 0 Å². The van der Waals surface area contributed by atoms with Crippen molar-refractivity contribution in [2.24, 2.45) is 5.92 Å². The highest BCUT2D eigenvalue weighted by Crippen LogP contribution is 2.31. The SMILES string of the molecule is OC(C1CCN(CCc2ccccc2)CC1)C(F)(F)F. The second kappa shape index (κ2) is 6.59. The molecule has 1 unspecified atom stereocenters. The van der Waals surface area contributed by atoms with Gasteiger partial charge in [0.1, 0.15) is 0 Å². The zero-order valence-corrected chi connectivity index (χ0v) is 11.3. The molecule has 0 aromatic heterocycles. The first-order chi connectivity index (χ1) is 9.47. The predicted molar refractivity (Wildman–Crippen MR) is 71.4 cm³/mol. The molecule has 0 radical (unpaired) electrons. The minimum Gasteiger partial charge on any atom is -0.383 e. The second-order valence-electron chi connectivity index (χ2n) is 5.40. The normalized spacial score (nSPS) is 20.0. The van der Waals surface area contributed by atoms with Crippen LogP contribution in [0.25, 0.3) is 0 Å². The zero-order chi connectivity index (χ0) is 14.6. The van der Waals surface area contributed by atoms with Gasteiger partial charge < -0.3 is 10.0 Å². The fourth-order valence-corrected chi connectivity index (χ4v) is 2.69. The Bertz CT molecular complexity index is 399. The van der Waals surface area contributed by atoms with Crippen molar-refractivity contribution < 1.29 is 18.3 Å². The van der Waals surface area contributed by atoms with Crippen LogP contribution in [-0.2, 0) is 6.42 Å². The van der Waals surface area contributed by atoms with Crippen LogP contribution in [0, 0.1) is 5.92 Å². The van der Waals surface area contributed by atoms with Crippen LogP contribution in [0.3, 0.4) is 0 Å². The van der Waals surface area contributed by atoms with Crippen molar-refractivity contribution in [2.75, 3.05) is 19.6 Å². The third-order valence-corrected chi connectivity index (χ3v) is 3.97. The number of likely N-dealkylation sites (tertiary alicyclic amines) is 1. The van der Waals surface area contributed by atoms with E-state index in [2.05, 4.69) is 17.0 Å². The number of halogens is 3. The van der Waals surface area contributed by atoms with Gasteiger partial charge in [-0.2, -0.15) is 13.2 Å². The molecular weight excluding hydrogens is 267 g/mol. The smallest absolute Gasteiger partial charge is 0.383 e. The molecule has 0 aliphatic carbocycles. The number of hydrogen-bond acceptors (Lipinski definition) is 2. The number of hydrogen-bond donors (Lipinski definition) is 1. The summed E-state index contributed by atoms with van der Waals surface area (Å²) >= 11 is 0. The van der Waals surface area contributed by atoms with Crippen molar-refractivity contribution in [1.29, 1.82) is 0 Å². The van der Waals surface area contributed by atoms with Gasteiger partial charge in [0.25, 0.3) is 0 Å². The highest BCUT2D eigenvalue weighted by atomic mass is 19.4. The van der Waals surface area contributed by atoms with Crippen LogP contribution in [0.1, 0.15) is 18.4 Å². The molecule has 1 fully saturated rings. The predicted octanol–water partition coefficient (Wildman–Crippen LogP) is 2.86. The summed E-state index contributed by atoms with van der Waals surface area (Å²) in [5.41, 5.74) is 1.24. The summed E-state index contributed by atoms with van der Waals surface area (Å²) in [6, 6.07) is 10.1. The van der Waals surface area contributed by atoms with E-state index in [1.807, 2.05) is 18.2 Å². The Hall–Kier alpha value is -1.07. The van der Waals surface area contributed by atoms with Gasteiger partial charge >= 0.3 is 6.18 Å². The fraction of sp³-hybridized carbons (Fsp3) is 0.600. The van der Waals surface area contributed by atoms with E-state index in [1.165, 1.54) is 5.56 Å². The summed E-state index contributed by atoms with van der Waals surface area (Å²) in [4.78, 5) is 2.17. The van der Waals surface area contributed by atoms with Crippen LogP contribution in [-0.4, -0.2) is 41.9 Å². The first-order valence-corrected chi connectivity index (χ1v) is 6.98. The lowest BCUT2D eigenvalue weighted by Crippen LogP contribution is -2.43. The topological polar surface area (TPSA) is 23.5 Å². The zero-order valence-electron chi connectivity index (χ0n) is 11.3. The summed E-state index contributed by atoms with van der Waals surface area (Å²) in [6.07, 6.45) is -4.92. The maximum Gasteiger partial charge on any atom is 0.414 e. The molecule has 5 heteroatoms. The molecule has 0 bridgehead atoms. The Morgan fingerprint density at radius 1 is 1.15 bits per heavy atom. The van der Waals surface area contributed by atoms with Gasteiger partial charge in [-0.3, -0.25) is 0 Å². The molecule has 1 N–H and O–H groups in total. The van der Waals surface area contributed by atoms with Gasteiger partial charge in [0.05, 0.1) is 0 Å². The Balaban J connectivity index is 1.75. The van der Waals surface area contributed by atoms with E-state index in [0.29, 0.717) is 25.9 Å². The Morgan fingerprint density at radius 3 is 2.30 bits per heavy atom. The monoisotopic (exact) mass is 287 g/mol. The average molecular weight is 287 g/mol. The van der Waals surface area contributed by atoms with Crippen molar-refractivity contribution in [3.63, 3.8) is 0 Å². The Morgan fingerprint density at radius 2 is 1.75 bits per heavy atom. The molecule has 1 atom stereocenters. The molecule has 0 amide bonds. The molecule has 0 saturated carbocycles. The third kappa shape index (κ3) is 4.21. The third-order valence-electron chi connectivity index (χ3n) is 3.97.